The molecule has 0 unspecified atom stereocenters. The zero-order chi connectivity index (χ0) is 25.6. The van der Waals surface area contributed by atoms with Crippen LogP contribution in [0.4, 0.5) is 9.59 Å². The third kappa shape index (κ3) is 7.69. The maximum Gasteiger partial charge on any atom is 0.410 e. The number of benzene rings is 2. The molecule has 1 heterocycles. The van der Waals surface area contributed by atoms with Gasteiger partial charge in [0.25, 0.3) is 10.1 Å². The normalized spacial score (nSPS) is 18.2. The Morgan fingerprint density at radius 1 is 1.06 bits per heavy atom. The van der Waals surface area contributed by atoms with Crippen molar-refractivity contribution < 1.29 is 31.7 Å². The summed E-state index contributed by atoms with van der Waals surface area (Å²) in [4.78, 5) is 26.6. The van der Waals surface area contributed by atoms with Crippen LogP contribution in [0.5, 0.6) is 0 Å². The van der Waals surface area contributed by atoms with E-state index in [1.165, 1.54) is 17.0 Å². The number of ether oxygens (including phenoxy) is 2. The van der Waals surface area contributed by atoms with Gasteiger partial charge in [-0.25, -0.2) is 9.59 Å². The molecule has 10 heteroatoms. The van der Waals surface area contributed by atoms with Crippen molar-refractivity contribution in [3.8, 4) is 0 Å². The highest BCUT2D eigenvalue weighted by molar-refractivity contribution is 7.86. The number of rotatable bonds is 7. The molecule has 2 aromatic rings. The fraction of sp³-hybridized carbons (Fsp3) is 0.440. The number of hydrogen-bond donors (Lipinski definition) is 1. The van der Waals surface area contributed by atoms with Crippen molar-refractivity contribution in [2.24, 2.45) is 0 Å². The van der Waals surface area contributed by atoms with E-state index in [0.717, 1.165) is 11.1 Å². The van der Waals surface area contributed by atoms with Crippen LogP contribution in [-0.2, 0) is 30.4 Å². The second kappa shape index (κ2) is 11.1. The topological polar surface area (TPSA) is 111 Å². The number of likely N-dealkylation sites (tertiary alicyclic amines) is 1. The van der Waals surface area contributed by atoms with Gasteiger partial charge in [-0.15, -0.1) is 0 Å². The Balaban J connectivity index is 1.70. The number of carbonyl (C=O) groups excluding carboxylic acids is 2. The van der Waals surface area contributed by atoms with Gasteiger partial charge in [-0.2, -0.15) is 8.42 Å². The van der Waals surface area contributed by atoms with Gasteiger partial charge in [0.2, 0.25) is 0 Å². The molecule has 2 aromatic carbocycles. The number of hydrogen-bond acceptors (Lipinski definition) is 7. The van der Waals surface area contributed by atoms with Gasteiger partial charge in [0.05, 0.1) is 23.6 Å². The Morgan fingerprint density at radius 2 is 1.71 bits per heavy atom. The molecule has 2 atom stereocenters. The zero-order valence-corrected chi connectivity index (χ0v) is 21.2. The van der Waals surface area contributed by atoms with Gasteiger partial charge in [-0.1, -0.05) is 48.0 Å². The van der Waals surface area contributed by atoms with Gasteiger partial charge >= 0.3 is 12.2 Å². The molecule has 0 aliphatic carbocycles. The van der Waals surface area contributed by atoms with Crippen LogP contribution in [0.25, 0.3) is 0 Å². The molecule has 0 bridgehead atoms. The highest BCUT2D eigenvalue weighted by Gasteiger charge is 2.41. The van der Waals surface area contributed by atoms with E-state index in [4.69, 9.17) is 13.7 Å². The monoisotopic (exact) mass is 504 g/mol. The molecule has 0 aromatic heterocycles. The SMILES string of the molecule is Cc1ccc(S(=O)(=O)OC[C@@H]2[C@@H](NC(=O)OCc3ccccc3)CCN2C(=O)OC(C)(C)C)cc1. The van der Waals surface area contributed by atoms with Gasteiger partial charge < -0.3 is 19.7 Å². The second-order valence-corrected chi connectivity index (χ2v) is 11.0. The van der Waals surface area contributed by atoms with Gasteiger partial charge in [-0.3, -0.25) is 4.18 Å². The number of carbonyl (C=O) groups is 2. The van der Waals surface area contributed by atoms with E-state index in [-0.39, 0.29) is 24.7 Å². The van der Waals surface area contributed by atoms with Crippen molar-refractivity contribution in [1.29, 1.82) is 0 Å². The fourth-order valence-corrected chi connectivity index (χ4v) is 4.55. The Bertz CT molecular complexity index is 1110. The zero-order valence-electron chi connectivity index (χ0n) is 20.4. The lowest BCUT2D eigenvalue weighted by molar-refractivity contribution is 0.0171. The third-order valence-electron chi connectivity index (χ3n) is 5.39. The van der Waals surface area contributed by atoms with Gasteiger partial charge in [0.15, 0.2) is 0 Å². The van der Waals surface area contributed by atoms with E-state index in [1.54, 1.807) is 32.9 Å². The first-order chi connectivity index (χ1) is 16.4. The molecule has 0 radical (unpaired) electrons. The predicted molar refractivity (Wildman–Crippen MR) is 129 cm³/mol. The van der Waals surface area contributed by atoms with Crippen LogP contribution in [0, 0.1) is 6.92 Å². The van der Waals surface area contributed by atoms with Crippen molar-refractivity contribution in [3.63, 3.8) is 0 Å². The van der Waals surface area contributed by atoms with Crippen molar-refractivity contribution in [3.05, 3.63) is 65.7 Å². The largest absolute Gasteiger partial charge is 0.445 e. The molecule has 3 rings (SSSR count). The highest BCUT2D eigenvalue weighted by Crippen LogP contribution is 2.24. The van der Waals surface area contributed by atoms with Crippen LogP contribution in [0.3, 0.4) is 0 Å². The lowest BCUT2D eigenvalue weighted by atomic mass is 10.1. The summed E-state index contributed by atoms with van der Waals surface area (Å²) in [6, 6.07) is 14.1. The Labute approximate surface area is 206 Å². The quantitative estimate of drug-likeness (QED) is 0.567. The second-order valence-electron chi connectivity index (χ2n) is 9.39. The number of amides is 2. The van der Waals surface area contributed by atoms with Crippen LogP contribution >= 0.6 is 0 Å². The maximum atomic E-state index is 12.8. The fourth-order valence-electron chi connectivity index (χ4n) is 3.62. The molecule has 1 aliphatic rings. The van der Waals surface area contributed by atoms with Gasteiger partial charge in [-0.05, 0) is 51.8 Å². The summed E-state index contributed by atoms with van der Waals surface area (Å²) in [5.74, 6) is 0. The molecule has 190 valence electrons. The molecule has 1 aliphatic heterocycles. The number of nitrogens with zero attached hydrogens (tertiary/aromatic N) is 1. The molecule has 0 spiro atoms. The first-order valence-electron chi connectivity index (χ1n) is 11.4. The molecule has 2 amide bonds. The van der Waals surface area contributed by atoms with Crippen molar-refractivity contribution >= 4 is 22.3 Å². The van der Waals surface area contributed by atoms with E-state index in [1.807, 2.05) is 37.3 Å². The number of alkyl carbamates (subject to hydrolysis) is 1. The number of aryl methyl sites for hydroxylation is 1. The van der Waals surface area contributed by atoms with Crippen LogP contribution in [0.15, 0.2) is 59.5 Å². The average molecular weight is 505 g/mol. The summed E-state index contributed by atoms with van der Waals surface area (Å²) in [7, 11) is -4.07. The highest BCUT2D eigenvalue weighted by atomic mass is 32.2. The summed E-state index contributed by atoms with van der Waals surface area (Å²) >= 11 is 0. The molecule has 1 N–H and O–H groups in total. The van der Waals surface area contributed by atoms with E-state index in [9.17, 15) is 18.0 Å². The lowest BCUT2D eigenvalue weighted by Gasteiger charge is -2.30. The van der Waals surface area contributed by atoms with E-state index in [2.05, 4.69) is 5.32 Å². The molecule has 1 saturated heterocycles. The van der Waals surface area contributed by atoms with E-state index in [0.29, 0.717) is 6.42 Å². The molecule has 0 saturated carbocycles. The van der Waals surface area contributed by atoms with Crippen LogP contribution in [0.1, 0.15) is 38.3 Å². The summed E-state index contributed by atoms with van der Waals surface area (Å²) in [5, 5.41) is 2.74. The first-order valence-corrected chi connectivity index (χ1v) is 12.8. The first kappa shape index (κ1) is 26.5. The van der Waals surface area contributed by atoms with Crippen LogP contribution in [-0.4, -0.2) is 56.3 Å². The average Bonchev–Trinajstić information content (AvgIpc) is 3.19. The summed E-state index contributed by atoms with van der Waals surface area (Å²) in [5.41, 5.74) is 0.999. The van der Waals surface area contributed by atoms with E-state index >= 15 is 0 Å². The Hall–Kier alpha value is -3.11. The standard InChI is InChI=1S/C25H32N2O7S/c1-18-10-12-20(13-11-18)35(30,31)33-17-22-21(14-15-27(22)24(29)34-25(2,3)4)26-23(28)32-16-19-8-6-5-7-9-19/h5-13,21-22H,14-17H2,1-4H3,(H,26,28)/t21-,22+/m0/s1. The minimum absolute atomic E-state index is 0.0108. The Kier molecular flexibility index (Phi) is 8.39. The van der Waals surface area contributed by atoms with Crippen molar-refractivity contribution in [1.82, 2.24) is 10.2 Å². The van der Waals surface area contributed by atoms with Gasteiger partial charge in [0.1, 0.15) is 12.2 Å². The Morgan fingerprint density at radius 3 is 2.34 bits per heavy atom. The van der Waals surface area contributed by atoms with Crippen molar-refractivity contribution in [2.75, 3.05) is 13.2 Å². The van der Waals surface area contributed by atoms with Crippen molar-refractivity contribution in [2.45, 2.75) is 63.3 Å². The maximum absolute atomic E-state index is 12.8. The lowest BCUT2D eigenvalue weighted by Crippen LogP contribution is -2.50. The summed E-state index contributed by atoms with van der Waals surface area (Å²) in [6.45, 7) is 7.07. The van der Waals surface area contributed by atoms with Gasteiger partial charge in [0, 0.05) is 6.54 Å². The molecule has 9 nitrogen and oxygen atoms in total. The smallest absolute Gasteiger partial charge is 0.410 e. The van der Waals surface area contributed by atoms with Crippen LogP contribution in [0.2, 0.25) is 0 Å². The molecule has 1 fully saturated rings. The van der Waals surface area contributed by atoms with Crippen LogP contribution < -0.4 is 5.32 Å². The minimum Gasteiger partial charge on any atom is -0.445 e. The molecular weight excluding hydrogens is 472 g/mol. The minimum atomic E-state index is -4.07. The predicted octanol–water partition coefficient (Wildman–Crippen LogP) is 4.00. The molecule has 35 heavy (non-hydrogen) atoms. The number of nitrogens with one attached hydrogen (secondary N) is 1. The summed E-state index contributed by atoms with van der Waals surface area (Å²) in [6.07, 6.45) is -0.893. The molecular formula is C25H32N2O7S. The summed E-state index contributed by atoms with van der Waals surface area (Å²) < 4.78 is 41.5. The third-order valence-corrected chi connectivity index (χ3v) is 6.69. The van der Waals surface area contributed by atoms with E-state index < -0.39 is 40.0 Å².